The lowest BCUT2D eigenvalue weighted by molar-refractivity contribution is 0.102. The van der Waals surface area contributed by atoms with E-state index in [-0.39, 0.29) is 26.9 Å². The van der Waals surface area contributed by atoms with Gasteiger partial charge in [-0.3, -0.25) is 9.10 Å². The van der Waals surface area contributed by atoms with Crippen LogP contribution in [0.2, 0.25) is 5.02 Å². The van der Waals surface area contributed by atoms with Crippen LogP contribution in [0.3, 0.4) is 0 Å². The molecule has 4 rings (SSSR count). The van der Waals surface area contributed by atoms with Crippen LogP contribution in [0.25, 0.3) is 0 Å². The standard InChI is InChI=1S/C22H19ClN2O4S/c1-14-6-9-18(20(26)12-14)24-22(27)16-7-8-17(23)21(13-16)30(28,29)25-11-10-15-4-2-3-5-19(15)25/h2-9,12-13,26H,10-11H2,1H3,(H,24,27). The number of aryl methyl sites for hydroxylation is 1. The molecule has 0 spiro atoms. The summed E-state index contributed by atoms with van der Waals surface area (Å²) in [6, 6.07) is 16.3. The third kappa shape index (κ3) is 3.62. The summed E-state index contributed by atoms with van der Waals surface area (Å²) >= 11 is 6.22. The van der Waals surface area contributed by atoms with Gasteiger partial charge in [0.1, 0.15) is 10.6 Å². The molecule has 8 heteroatoms. The van der Waals surface area contributed by atoms with E-state index >= 15 is 0 Å². The minimum atomic E-state index is -3.95. The van der Waals surface area contributed by atoms with Crippen LogP contribution in [-0.4, -0.2) is 26.0 Å². The van der Waals surface area contributed by atoms with Crippen molar-refractivity contribution in [3.63, 3.8) is 0 Å². The molecule has 3 aromatic carbocycles. The SMILES string of the molecule is Cc1ccc(NC(=O)c2ccc(Cl)c(S(=O)(=O)N3CCc4ccccc43)c2)c(O)c1. The number of hydrogen-bond donors (Lipinski definition) is 2. The van der Waals surface area contributed by atoms with Gasteiger partial charge in [0.15, 0.2) is 0 Å². The normalized spacial score (nSPS) is 13.2. The number of fused-ring (bicyclic) bond motifs is 1. The number of aromatic hydroxyl groups is 1. The number of nitrogens with zero attached hydrogens (tertiary/aromatic N) is 1. The number of anilines is 2. The number of nitrogens with one attached hydrogen (secondary N) is 1. The zero-order valence-electron chi connectivity index (χ0n) is 16.1. The van der Waals surface area contributed by atoms with E-state index in [9.17, 15) is 18.3 Å². The van der Waals surface area contributed by atoms with E-state index in [1.165, 1.54) is 28.6 Å². The number of hydrogen-bond acceptors (Lipinski definition) is 4. The van der Waals surface area contributed by atoms with Gasteiger partial charge in [0, 0.05) is 12.1 Å². The van der Waals surface area contributed by atoms with Gasteiger partial charge in [-0.2, -0.15) is 0 Å². The van der Waals surface area contributed by atoms with Gasteiger partial charge >= 0.3 is 0 Å². The summed E-state index contributed by atoms with van der Waals surface area (Å²) in [5, 5.41) is 12.6. The average Bonchev–Trinajstić information content (AvgIpc) is 3.15. The largest absolute Gasteiger partial charge is 0.506 e. The Labute approximate surface area is 179 Å². The second-order valence-corrected chi connectivity index (χ2v) is 9.31. The van der Waals surface area contributed by atoms with Crippen LogP contribution < -0.4 is 9.62 Å². The molecular weight excluding hydrogens is 424 g/mol. The van der Waals surface area contributed by atoms with Gasteiger partial charge in [-0.25, -0.2) is 8.42 Å². The molecule has 6 nitrogen and oxygen atoms in total. The van der Waals surface area contributed by atoms with Crippen molar-refractivity contribution in [2.45, 2.75) is 18.2 Å². The van der Waals surface area contributed by atoms with Crippen LogP contribution in [-0.2, 0) is 16.4 Å². The van der Waals surface area contributed by atoms with Crippen LogP contribution in [0.5, 0.6) is 5.75 Å². The fourth-order valence-electron chi connectivity index (χ4n) is 3.46. The topological polar surface area (TPSA) is 86.7 Å². The lowest BCUT2D eigenvalue weighted by Crippen LogP contribution is -2.29. The molecular formula is C22H19ClN2O4S. The Kier molecular flexibility index (Phi) is 5.17. The van der Waals surface area contributed by atoms with Gasteiger partial charge < -0.3 is 10.4 Å². The fourth-order valence-corrected chi connectivity index (χ4v) is 5.47. The number of para-hydroxylation sites is 1. The maximum Gasteiger partial charge on any atom is 0.265 e. The van der Waals surface area contributed by atoms with E-state index in [1.807, 2.05) is 19.1 Å². The van der Waals surface area contributed by atoms with Crippen LogP contribution in [0.1, 0.15) is 21.5 Å². The minimum absolute atomic E-state index is 0.0362. The predicted molar refractivity (Wildman–Crippen MR) is 117 cm³/mol. The number of halogens is 1. The van der Waals surface area contributed by atoms with Crippen molar-refractivity contribution >= 4 is 38.9 Å². The molecule has 0 atom stereocenters. The first-order valence-corrected chi connectivity index (χ1v) is 11.1. The third-order valence-corrected chi connectivity index (χ3v) is 7.30. The Bertz CT molecular complexity index is 1260. The van der Waals surface area contributed by atoms with E-state index in [2.05, 4.69) is 5.32 Å². The Morgan fingerprint density at radius 1 is 1.10 bits per heavy atom. The predicted octanol–water partition coefficient (Wildman–Crippen LogP) is 4.36. The lowest BCUT2D eigenvalue weighted by Gasteiger charge is -2.20. The quantitative estimate of drug-likeness (QED) is 0.588. The molecule has 1 amide bonds. The zero-order valence-corrected chi connectivity index (χ0v) is 17.7. The van der Waals surface area contributed by atoms with Crippen molar-refractivity contribution in [1.29, 1.82) is 0 Å². The Morgan fingerprint density at radius 3 is 2.63 bits per heavy atom. The van der Waals surface area contributed by atoms with E-state index in [0.29, 0.717) is 18.7 Å². The summed E-state index contributed by atoms with van der Waals surface area (Å²) < 4.78 is 27.9. The lowest BCUT2D eigenvalue weighted by atomic mass is 10.2. The summed E-state index contributed by atoms with van der Waals surface area (Å²) in [6.07, 6.45) is 0.611. The first-order chi connectivity index (χ1) is 14.3. The van der Waals surface area contributed by atoms with E-state index in [4.69, 9.17) is 11.6 Å². The van der Waals surface area contributed by atoms with Crippen LogP contribution in [0.4, 0.5) is 11.4 Å². The van der Waals surface area contributed by atoms with Gasteiger partial charge in [0.25, 0.3) is 15.9 Å². The van der Waals surface area contributed by atoms with Crippen molar-refractivity contribution in [2.75, 3.05) is 16.2 Å². The molecule has 0 saturated heterocycles. The van der Waals surface area contributed by atoms with Crippen molar-refractivity contribution in [1.82, 2.24) is 0 Å². The van der Waals surface area contributed by atoms with Crippen molar-refractivity contribution in [3.05, 3.63) is 82.4 Å². The molecule has 3 aromatic rings. The summed E-state index contributed by atoms with van der Waals surface area (Å²) in [5.74, 6) is -0.622. The fraction of sp³-hybridized carbons (Fsp3) is 0.136. The first kappa shape index (κ1) is 20.3. The molecule has 154 valence electrons. The van der Waals surface area contributed by atoms with Crippen LogP contribution >= 0.6 is 11.6 Å². The highest BCUT2D eigenvalue weighted by atomic mass is 35.5. The van der Waals surface area contributed by atoms with Gasteiger partial charge in [-0.15, -0.1) is 0 Å². The van der Waals surface area contributed by atoms with Crippen LogP contribution in [0.15, 0.2) is 65.6 Å². The maximum absolute atomic E-state index is 13.3. The molecule has 1 heterocycles. The highest BCUT2D eigenvalue weighted by Gasteiger charge is 2.32. The number of phenols is 1. The summed E-state index contributed by atoms with van der Waals surface area (Å²) in [6.45, 7) is 2.13. The molecule has 1 aliphatic rings. The van der Waals surface area contributed by atoms with Gasteiger partial charge in [-0.05, 0) is 60.9 Å². The monoisotopic (exact) mass is 442 g/mol. The van der Waals surface area contributed by atoms with E-state index in [1.54, 1.807) is 24.3 Å². The minimum Gasteiger partial charge on any atom is -0.506 e. The number of carbonyl (C=O) groups is 1. The summed E-state index contributed by atoms with van der Waals surface area (Å²) in [4.78, 5) is 12.6. The average molecular weight is 443 g/mol. The molecule has 30 heavy (non-hydrogen) atoms. The molecule has 0 aliphatic carbocycles. The summed E-state index contributed by atoms with van der Waals surface area (Å²) in [5.41, 5.74) is 2.76. The zero-order chi connectivity index (χ0) is 21.5. The number of sulfonamides is 1. The van der Waals surface area contributed by atoms with Gasteiger partial charge in [0.05, 0.1) is 16.4 Å². The molecule has 0 fully saturated rings. The van der Waals surface area contributed by atoms with Crippen molar-refractivity contribution in [2.24, 2.45) is 0 Å². The summed E-state index contributed by atoms with van der Waals surface area (Å²) in [7, 11) is -3.95. The Morgan fingerprint density at radius 2 is 1.87 bits per heavy atom. The number of rotatable bonds is 4. The Hall–Kier alpha value is -3.03. The molecule has 0 aromatic heterocycles. The number of amides is 1. The maximum atomic E-state index is 13.3. The molecule has 0 saturated carbocycles. The second kappa shape index (κ2) is 7.66. The molecule has 0 bridgehead atoms. The number of phenolic OH excluding ortho intramolecular Hbond substituents is 1. The third-order valence-electron chi connectivity index (χ3n) is 5.01. The molecule has 0 radical (unpaired) electrons. The highest BCUT2D eigenvalue weighted by Crippen LogP contribution is 2.35. The van der Waals surface area contributed by atoms with E-state index in [0.717, 1.165) is 11.1 Å². The smallest absolute Gasteiger partial charge is 0.265 e. The first-order valence-electron chi connectivity index (χ1n) is 9.28. The molecule has 0 unspecified atom stereocenters. The van der Waals surface area contributed by atoms with Gasteiger partial charge in [-0.1, -0.05) is 35.9 Å². The molecule has 1 aliphatic heterocycles. The van der Waals surface area contributed by atoms with Gasteiger partial charge in [0.2, 0.25) is 0 Å². The Balaban J connectivity index is 1.67. The van der Waals surface area contributed by atoms with Crippen LogP contribution in [0, 0.1) is 6.92 Å². The molecule has 2 N–H and O–H groups in total. The highest BCUT2D eigenvalue weighted by molar-refractivity contribution is 7.93. The number of carbonyl (C=O) groups excluding carboxylic acids is 1. The number of benzene rings is 3. The second-order valence-electron chi connectivity index (χ2n) is 7.08. The van der Waals surface area contributed by atoms with E-state index < -0.39 is 15.9 Å². The van der Waals surface area contributed by atoms with Crippen molar-refractivity contribution < 1.29 is 18.3 Å². The van der Waals surface area contributed by atoms with Crippen molar-refractivity contribution in [3.8, 4) is 5.75 Å².